The molecule has 3 rings (SSSR count). The molecule has 0 saturated heterocycles. The van der Waals surface area contributed by atoms with Gasteiger partial charge < -0.3 is 9.84 Å². The van der Waals surface area contributed by atoms with E-state index in [1.54, 1.807) is 49.4 Å². The van der Waals surface area contributed by atoms with E-state index in [9.17, 15) is 14.7 Å². The van der Waals surface area contributed by atoms with Crippen LogP contribution < -0.4 is 10.3 Å². The Morgan fingerprint density at radius 1 is 1.32 bits per heavy atom. The second-order valence-electron chi connectivity index (χ2n) is 5.43. The van der Waals surface area contributed by atoms with E-state index in [0.717, 1.165) is 4.57 Å². The first-order chi connectivity index (χ1) is 12.0. The van der Waals surface area contributed by atoms with E-state index in [2.05, 4.69) is 4.98 Å². The number of para-hydroxylation sites is 1. The molecule has 1 heterocycles. The maximum atomic E-state index is 12.7. The molecule has 0 bridgehead atoms. The summed E-state index contributed by atoms with van der Waals surface area (Å²) in [5, 5.41) is 10.0. The Morgan fingerprint density at radius 3 is 2.76 bits per heavy atom. The van der Waals surface area contributed by atoms with Gasteiger partial charge in [0.25, 0.3) is 5.56 Å². The van der Waals surface area contributed by atoms with Crippen molar-refractivity contribution in [3.63, 3.8) is 0 Å². The number of aromatic nitrogens is 2. The average molecular weight is 359 g/mol. The quantitative estimate of drug-likeness (QED) is 0.748. The van der Waals surface area contributed by atoms with Crippen LogP contribution in [0.3, 0.4) is 0 Å². The Bertz CT molecular complexity index is 1000. The monoisotopic (exact) mass is 358 g/mol. The first-order valence-corrected chi connectivity index (χ1v) is 8.05. The lowest BCUT2D eigenvalue weighted by molar-refractivity contribution is -0.141. The van der Waals surface area contributed by atoms with Gasteiger partial charge in [0, 0.05) is 0 Å². The molecule has 1 unspecified atom stereocenters. The number of carboxylic acids is 1. The molecular weight excluding hydrogens is 344 g/mol. The minimum Gasteiger partial charge on any atom is -0.480 e. The topological polar surface area (TPSA) is 81.4 Å². The Hall–Kier alpha value is -2.86. The number of aliphatic carboxylic acids is 1. The van der Waals surface area contributed by atoms with Gasteiger partial charge in [-0.25, -0.2) is 9.78 Å². The summed E-state index contributed by atoms with van der Waals surface area (Å²) in [5.41, 5.74) is 0.0388. The van der Waals surface area contributed by atoms with Gasteiger partial charge in [-0.05, 0) is 36.8 Å². The third-order valence-electron chi connectivity index (χ3n) is 3.83. The van der Waals surface area contributed by atoms with Crippen molar-refractivity contribution in [1.82, 2.24) is 9.55 Å². The van der Waals surface area contributed by atoms with Crippen LogP contribution in [0.1, 0.15) is 19.4 Å². The maximum absolute atomic E-state index is 12.7. The predicted octanol–water partition coefficient (Wildman–Crippen LogP) is 3.88. The molecule has 0 aliphatic rings. The molecule has 1 N–H and O–H groups in total. The summed E-state index contributed by atoms with van der Waals surface area (Å²) in [4.78, 5) is 28.2. The number of carboxylic acid groups (broad SMARTS) is 1. The summed E-state index contributed by atoms with van der Waals surface area (Å²) >= 11 is 6.08. The SMILES string of the molecule is CCC(C(=O)O)n1cnc2ccc(Oc3ccccc3Cl)cc2c1=O. The number of hydrogen-bond acceptors (Lipinski definition) is 4. The lowest BCUT2D eigenvalue weighted by Crippen LogP contribution is -2.29. The maximum Gasteiger partial charge on any atom is 0.326 e. The van der Waals surface area contributed by atoms with Gasteiger partial charge in [-0.1, -0.05) is 30.7 Å². The highest BCUT2D eigenvalue weighted by Gasteiger charge is 2.20. The molecule has 0 fully saturated rings. The normalized spacial score (nSPS) is 12.1. The van der Waals surface area contributed by atoms with Crippen molar-refractivity contribution >= 4 is 28.5 Å². The van der Waals surface area contributed by atoms with Crippen molar-refractivity contribution in [1.29, 1.82) is 0 Å². The number of benzene rings is 2. The molecule has 0 spiro atoms. The summed E-state index contributed by atoms with van der Waals surface area (Å²) in [6.45, 7) is 1.70. The van der Waals surface area contributed by atoms with Gasteiger partial charge in [0.2, 0.25) is 0 Å². The van der Waals surface area contributed by atoms with Gasteiger partial charge in [-0.2, -0.15) is 0 Å². The summed E-state index contributed by atoms with van der Waals surface area (Å²) in [7, 11) is 0. The van der Waals surface area contributed by atoms with Gasteiger partial charge in [0.15, 0.2) is 0 Å². The molecule has 3 aromatic rings. The Labute approximate surface area is 148 Å². The molecule has 0 amide bonds. The Morgan fingerprint density at radius 2 is 2.08 bits per heavy atom. The highest BCUT2D eigenvalue weighted by molar-refractivity contribution is 6.32. The molecule has 1 atom stereocenters. The minimum absolute atomic E-state index is 0.276. The van der Waals surface area contributed by atoms with Crippen molar-refractivity contribution in [2.75, 3.05) is 0 Å². The summed E-state index contributed by atoms with van der Waals surface area (Å²) in [5.74, 6) is -0.195. The standard InChI is InChI=1S/C18H15ClN2O4/c1-2-15(18(23)24)21-10-20-14-8-7-11(9-12(14)17(21)22)25-16-6-4-3-5-13(16)19/h3-10,15H,2H2,1H3,(H,23,24). The highest BCUT2D eigenvalue weighted by atomic mass is 35.5. The average Bonchev–Trinajstić information content (AvgIpc) is 2.60. The van der Waals surface area contributed by atoms with Crippen LogP contribution in [0.4, 0.5) is 0 Å². The molecule has 0 saturated carbocycles. The first kappa shape index (κ1) is 17.0. The molecule has 7 heteroatoms. The molecule has 25 heavy (non-hydrogen) atoms. The van der Waals surface area contributed by atoms with E-state index in [-0.39, 0.29) is 11.8 Å². The number of rotatable bonds is 5. The van der Waals surface area contributed by atoms with E-state index >= 15 is 0 Å². The van der Waals surface area contributed by atoms with E-state index < -0.39 is 17.6 Å². The van der Waals surface area contributed by atoms with Crippen molar-refractivity contribution in [3.05, 3.63) is 64.2 Å². The lowest BCUT2D eigenvalue weighted by atomic mass is 10.2. The summed E-state index contributed by atoms with van der Waals surface area (Å²) in [6.07, 6.45) is 1.54. The first-order valence-electron chi connectivity index (χ1n) is 7.67. The number of nitrogens with zero attached hydrogens (tertiary/aromatic N) is 2. The molecule has 128 valence electrons. The van der Waals surface area contributed by atoms with Gasteiger partial charge in [0.1, 0.15) is 17.5 Å². The smallest absolute Gasteiger partial charge is 0.326 e. The van der Waals surface area contributed by atoms with Crippen LogP contribution in [-0.4, -0.2) is 20.6 Å². The highest BCUT2D eigenvalue weighted by Crippen LogP contribution is 2.29. The van der Waals surface area contributed by atoms with Gasteiger partial charge in [-0.15, -0.1) is 0 Å². The van der Waals surface area contributed by atoms with Crippen LogP contribution in [0.2, 0.25) is 5.02 Å². The van der Waals surface area contributed by atoms with Crippen LogP contribution in [0.15, 0.2) is 53.6 Å². The van der Waals surface area contributed by atoms with Crippen LogP contribution >= 0.6 is 11.6 Å². The summed E-state index contributed by atoms with van der Waals surface area (Å²) in [6, 6.07) is 10.9. The number of fused-ring (bicyclic) bond motifs is 1. The number of carbonyl (C=O) groups is 1. The summed E-state index contributed by atoms with van der Waals surface area (Å²) < 4.78 is 6.85. The van der Waals surface area contributed by atoms with E-state index in [1.807, 2.05) is 0 Å². The largest absolute Gasteiger partial charge is 0.480 e. The third kappa shape index (κ3) is 3.34. The minimum atomic E-state index is -1.07. The number of halogens is 1. The van der Waals surface area contributed by atoms with E-state index in [4.69, 9.17) is 16.3 Å². The zero-order valence-electron chi connectivity index (χ0n) is 13.3. The Kier molecular flexibility index (Phi) is 4.72. The second kappa shape index (κ2) is 6.94. The van der Waals surface area contributed by atoms with Crippen LogP contribution in [-0.2, 0) is 4.79 Å². The fourth-order valence-electron chi connectivity index (χ4n) is 2.55. The number of hydrogen-bond donors (Lipinski definition) is 1. The van der Waals surface area contributed by atoms with Gasteiger partial charge in [-0.3, -0.25) is 9.36 Å². The lowest BCUT2D eigenvalue weighted by Gasteiger charge is -2.14. The second-order valence-corrected chi connectivity index (χ2v) is 5.84. The fourth-order valence-corrected chi connectivity index (χ4v) is 2.72. The number of ether oxygens (including phenoxy) is 1. The molecule has 6 nitrogen and oxygen atoms in total. The van der Waals surface area contributed by atoms with E-state index in [1.165, 1.54) is 6.33 Å². The van der Waals surface area contributed by atoms with Crippen molar-refractivity contribution < 1.29 is 14.6 Å². The van der Waals surface area contributed by atoms with Crippen LogP contribution in [0.25, 0.3) is 10.9 Å². The Balaban J connectivity index is 2.07. The van der Waals surface area contributed by atoms with Crippen LogP contribution in [0.5, 0.6) is 11.5 Å². The molecule has 1 aromatic heterocycles. The molecule has 0 radical (unpaired) electrons. The zero-order valence-corrected chi connectivity index (χ0v) is 14.1. The molecule has 0 aliphatic carbocycles. The zero-order chi connectivity index (χ0) is 18.0. The van der Waals surface area contributed by atoms with Crippen molar-refractivity contribution in [2.24, 2.45) is 0 Å². The van der Waals surface area contributed by atoms with Crippen LogP contribution in [0, 0.1) is 0 Å². The predicted molar refractivity (Wildman–Crippen MR) is 94.5 cm³/mol. The molecule has 0 aliphatic heterocycles. The van der Waals surface area contributed by atoms with Crippen molar-refractivity contribution in [2.45, 2.75) is 19.4 Å². The van der Waals surface area contributed by atoms with E-state index in [0.29, 0.717) is 22.0 Å². The fraction of sp³-hybridized carbons (Fsp3) is 0.167. The molecular formula is C18H15ClN2O4. The van der Waals surface area contributed by atoms with Crippen molar-refractivity contribution in [3.8, 4) is 11.5 Å². The van der Waals surface area contributed by atoms with Gasteiger partial charge >= 0.3 is 5.97 Å². The van der Waals surface area contributed by atoms with Gasteiger partial charge in [0.05, 0.1) is 22.3 Å². The third-order valence-corrected chi connectivity index (χ3v) is 4.14. The molecule has 2 aromatic carbocycles.